The third-order valence-corrected chi connectivity index (χ3v) is 3.62. The second kappa shape index (κ2) is 7.17. The summed E-state index contributed by atoms with van der Waals surface area (Å²) in [6.07, 6.45) is 1.89. The molecule has 0 radical (unpaired) electrons. The van der Waals surface area contributed by atoms with Crippen molar-refractivity contribution in [1.82, 2.24) is 15.0 Å². The first-order chi connectivity index (χ1) is 10.6. The van der Waals surface area contributed by atoms with Crippen LogP contribution in [0, 0.1) is 0 Å². The number of nitrogen functional groups attached to an aromatic ring is 1. The molecule has 1 atom stereocenters. The highest BCUT2D eigenvalue weighted by Gasteiger charge is 2.12. The Hall–Kier alpha value is -2.22. The van der Waals surface area contributed by atoms with Gasteiger partial charge in [-0.15, -0.1) is 0 Å². The Labute approximate surface area is 133 Å². The summed E-state index contributed by atoms with van der Waals surface area (Å²) in [5, 5.41) is 3.79. The Morgan fingerprint density at radius 3 is 2.50 bits per heavy atom. The number of nitrogens with one attached hydrogen (secondary N) is 1. The first-order valence-corrected chi connectivity index (χ1v) is 7.83. The number of nitrogens with zero attached hydrogens (tertiary/aromatic N) is 3. The molecule has 0 aliphatic rings. The molecule has 2 aromatic rings. The van der Waals surface area contributed by atoms with Gasteiger partial charge in [-0.1, -0.05) is 17.8 Å². The normalized spacial score (nSPS) is 11.8. The van der Waals surface area contributed by atoms with E-state index in [9.17, 15) is 0 Å². The number of benzene rings is 1. The summed E-state index contributed by atoms with van der Waals surface area (Å²) in [6.45, 7) is 2.00. The van der Waals surface area contributed by atoms with Crippen molar-refractivity contribution in [1.29, 1.82) is 0 Å². The third-order valence-electron chi connectivity index (χ3n) is 3.07. The molecule has 7 nitrogen and oxygen atoms in total. The van der Waals surface area contributed by atoms with Crippen LogP contribution in [0.1, 0.15) is 18.5 Å². The van der Waals surface area contributed by atoms with Gasteiger partial charge in [0.15, 0.2) is 16.7 Å². The largest absolute Gasteiger partial charge is 0.493 e. The van der Waals surface area contributed by atoms with Gasteiger partial charge in [-0.3, -0.25) is 0 Å². The number of hydrogen-bond donors (Lipinski definition) is 2. The number of aromatic nitrogens is 3. The molecular weight excluding hydrogens is 302 g/mol. The van der Waals surface area contributed by atoms with Crippen molar-refractivity contribution in [3.05, 3.63) is 23.8 Å². The second-order valence-electron chi connectivity index (χ2n) is 4.48. The first-order valence-electron chi connectivity index (χ1n) is 6.61. The minimum atomic E-state index is -0.0312. The van der Waals surface area contributed by atoms with E-state index in [0.717, 1.165) is 5.56 Å². The molecule has 1 aromatic heterocycles. The molecule has 0 spiro atoms. The molecule has 0 aliphatic carbocycles. The van der Waals surface area contributed by atoms with Crippen LogP contribution in [0.3, 0.4) is 0 Å². The van der Waals surface area contributed by atoms with E-state index in [0.29, 0.717) is 22.6 Å². The molecule has 22 heavy (non-hydrogen) atoms. The molecular formula is C14H19N5O2S. The van der Waals surface area contributed by atoms with Gasteiger partial charge in [0.25, 0.3) is 0 Å². The van der Waals surface area contributed by atoms with Gasteiger partial charge in [0.05, 0.1) is 20.3 Å². The SMILES string of the molecule is COc1ccc(C(C)Nc2nc(N)nc(SC)n2)cc1OC. The molecule has 0 fully saturated rings. The number of thioether (sulfide) groups is 1. The lowest BCUT2D eigenvalue weighted by atomic mass is 10.1. The van der Waals surface area contributed by atoms with Gasteiger partial charge in [0.1, 0.15) is 0 Å². The fourth-order valence-electron chi connectivity index (χ4n) is 1.93. The van der Waals surface area contributed by atoms with Crippen LogP contribution in [-0.4, -0.2) is 35.4 Å². The molecule has 3 N–H and O–H groups in total. The van der Waals surface area contributed by atoms with Crippen molar-refractivity contribution in [2.45, 2.75) is 18.1 Å². The van der Waals surface area contributed by atoms with E-state index in [1.807, 2.05) is 31.4 Å². The summed E-state index contributed by atoms with van der Waals surface area (Å²) >= 11 is 1.41. The quantitative estimate of drug-likeness (QED) is 0.783. The van der Waals surface area contributed by atoms with Crippen LogP contribution < -0.4 is 20.5 Å². The summed E-state index contributed by atoms with van der Waals surface area (Å²) in [5.74, 6) is 2.00. The maximum absolute atomic E-state index is 5.68. The van der Waals surface area contributed by atoms with E-state index < -0.39 is 0 Å². The second-order valence-corrected chi connectivity index (χ2v) is 5.26. The Kier molecular flexibility index (Phi) is 5.26. The average Bonchev–Trinajstić information content (AvgIpc) is 2.53. The van der Waals surface area contributed by atoms with Crippen molar-refractivity contribution in [2.75, 3.05) is 31.5 Å². The summed E-state index contributed by atoms with van der Waals surface area (Å²) in [6, 6.07) is 5.70. The fourth-order valence-corrected chi connectivity index (χ4v) is 2.29. The third kappa shape index (κ3) is 3.70. The number of anilines is 2. The molecule has 118 valence electrons. The molecule has 1 unspecified atom stereocenters. The highest BCUT2D eigenvalue weighted by molar-refractivity contribution is 7.98. The van der Waals surface area contributed by atoms with E-state index in [1.165, 1.54) is 11.8 Å². The van der Waals surface area contributed by atoms with Crippen molar-refractivity contribution >= 4 is 23.7 Å². The molecule has 2 rings (SSSR count). The van der Waals surface area contributed by atoms with Gasteiger partial charge >= 0.3 is 0 Å². The number of nitrogens with two attached hydrogens (primary N) is 1. The lowest BCUT2D eigenvalue weighted by molar-refractivity contribution is 0.354. The predicted molar refractivity (Wildman–Crippen MR) is 87.6 cm³/mol. The molecule has 8 heteroatoms. The van der Waals surface area contributed by atoms with E-state index in [-0.39, 0.29) is 12.0 Å². The Bertz CT molecular complexity index is 653. The Balaban J connectivity index is 2.21. The molecule has 0 saturated heterocycles. The van der Waals surface area contributed by atoms with Crippen LogP contribution in [0.25, 0.3) is 0 Å². The van der Waals surface area contributed by atoms with Gasteiger partial charge in [-0.25, -0.2) is 0 Å². The molecule has 0 aliphatic heterocycles. The minimum Gasteiger partial charge on any atom is -0.493 e. The van der Waals surface area contributed by atoms with E-state index >= 15 is 0 Å². The Morgan fingerprint density at radius 2 is 1.86 bits per heavy atom. The van der Waals surface area contributed by atoms with Crippen LogP contribution >= 0.6 is 11.8 Å². The van der Waals surface area contributed by atoms with Gasteiger partial charge in [-0.2, -0.15) is 15.0 Å². The van der Waals surface area contributed by atoms with Crippen LogP contribution in [0.4, 0.5) is 11.9 Å². The van der Waals surface area contributed by atoms with E-state index in [1.54, 1.807) is 14.2 Å². The standard InChI is InChI=1S/C14H19N5O2S/c1-8(9-5-6-10(20-2)11(7-9)21-3)16-13-17-12(15)18-14(19-13)22-4/h5-8H,1-4H3,(H3,15,16,17,18,19). The zero-order valence-corrected chi connectivity index (χ0v) is 13.8. The first kappa shape index (κ1) is 16.2. The smallest absolute Gasteiger partial charge is 0.228 e. The molecule has 1 aromatic carbocycles. The zero-order valence-electron chi connectivity index (χ0n) is 13.0. The maximum atomic E-state index is 5.68. The van der Waals surface area contributed by atoms with Crippen molar-refractivity contribution in [3.8, 4) is 11.5 Å². The summed E-state index contributed by atoms with van der Waals surface area (Å²) in [7, 11) is 3.22. The van der Waals surface area contributed by atoms with Gasteiger partial charge in [0.2, 0.25) is 11.9 Å². The number of hydrogen-bond acceptors (Lipinski definition) is 8. The zero-order chi connectivity index (χ0) is 16.1. The number of methoxy groups -OCH3 is 2. The van der Waals surface area contributed by atoms with Gasteiger partial charge in [-0.05, 0) is 30.9 Å². The lowest BCUT2D eigenvalue weighted by Gasteiger charge is -2.16. The minimum absolute atomic E-state index is 0.0312. The summed E-state index contributed by atoms with van der Waals surface area (Å²) < 4.78 is 10.6. The summed E-state index contributed by atoms with van der Waals surface area (Å²) in [4.78, 5) is 12.4. The fraction of sp³-hybridized carbons (Fsp3) is 0.357. The van der Waals surface area contributed by atoms with Crippen molar-refractivity contribution in [2.24, 2.45) is 0 Å². The highest BCUT2D eigenvalue weighted by atomic mass is 32.2. The van der Waals surface area contributed by atoms with Crippen molar-refractivity contribution in [3.63, 3.8) is 0 Å². The van der Waals surface area contributed by atoms with E-state index in [4.69, 9.17) is 15.2 Å². The monoisotopic (exact) mass is 321 g/mol. The molecule has 1 heterocycles. The number of rotatable bonds is 6. The topological polar surface area (TPSA) is 95.2 Å². The number of ether oxygens (including phenoxy) is 2. The molecule has 0 amide bonds. The maximum Gasteiger partial charge on any atom is 0.228 e. The predicted octanol–water partition coefficient (Wildman–Crippen LogP) is 2.37. The molecule has 0 bridgehead atoms. The van der Waals surface area contributed by atoms with Crippen LogP contribution in [0.2, 0.25) is 0 Å². The van der Waals surface area contributed by atoms with Gasteiger partial charge < -0.3 is 20.5 Å². The van der Waals surface area contributed by atoms with Crippen LogP contribution in [0.5, 0.6) is 11.5 Å². The van der Waals surface area contributed by atoms with Crippen molar-refractivity contribution < 1.29 is 9.47 Å². The van der Waals surface area contributed by atoms with Gasteiger partial charge in [0, 0.05) is 0 Å². The van der Waals surface area contributed by atoms with Crippen LogP contribution in [0.15, 0.2) is 23.4 Å². The Morgan fingerprint density at radius 1 is 1.14 bits per heavy atom. The molecule has 0 saturated carbocycles. The van der Waals surface area contributed by atoms with Crippen LogP contribution in [-0.2, 0) is 0 Å². The summed E-state index contributed by atoms with van der Waals surface area (Å²) in [5.41, 5.74) is 6.70. The van der Waals surface area contributed by atoms with E-state index in [2.05, 4.69) is 20.3 Å². The average molecular weight is 321 g/mol. The highest BCUT2D eigenvalue weighted by Crippen LogP contribution is 2.30. The lowest BCUT2D eigenvalue weighted by Crippen LogP contribution is -2.12.